The van der Waals surface area contributed by atoms with Crippen molar-refractivity contribution >= 4 is 0 Å². The normalized spacial score (nSPS) is 21.5. The molecule has 3 heteroatoms. The van der Waals surface area contributed by atoms with Crippen LogP contribution in [0.15, 0.2) is 12.1 Å². The highest BCUT2D eigenvalue weighted by Gasteiger charge is 2.23. The minimum atomic E-state index is -0.437. The summed E-state index contributed by atoms with van der Waals surface area (Å²) in [5.41, 5.74) is 0.720. The second-order valence-corrected chi connectivity index (χ2v) is 3.74. The third-order valence-electron chi connectivity index (χ3n) is 2.73. The van der Waals surface area contributed by atoms with Crippen molar-refractivity contribution in [2.45, 2.75) is 25.8 Å². The van der Waals surface area contributed by atoms with E-state index in [0.717, 1.165) is 19.4 Å². The van der Waals surface area contributed by atoms with E-state index in [4.69, 9.17) is 0 Å². The third-order valence-corrected chi connectivity index (χ3v) is 2.73. The van der Waals surface area contributed by atoms with Crippen LogP contribution in [-0.4, -0.2) is 6.54 Å². The summed E-state index contributed by atoms with van der Waals surface area (Å²) >= 11 is 0. The van der Waals surface area contributed by atoms with E-state index in [0.29, 0.717) is 5.56 Å². The van der Waals surface area contributed by atoms with E-state index >= 15 is 0 Å². The zero-order chi connectivity index (χ0) is 10.1. The van der Waals surface area contributed by atoms with Gasteiger partial charge in [0.05, 0.1) is 0 Å². The number of halogens is 2. The topological polar surface area (TPSA) is 12.0 Å². The molecule has 76 valence electrons. The molecule has 1 aliphatic rings. The first-order chi connectivity index (χ1) is 6.70. The number of hydrogen-bond donors (Lipinski definition) is 1. The van der Waals surface area contributed by atoms with E-state index in [-0.39, 0.29) is 11.6 Å². The van der Waals surface area contributed by atoms with E-state index in [1.807, 2.05) is 0 Å². The highest BCUT2D eigenvalue weighted by molar-refractivity contribution is 5.29. The van der Waals surface area contributed by atoms with Crippen molar-refractivity contribution in [3.63, 3.8) is 0 Å². The summed E-state index contributed by atoms with van der Waals surface area (Å²) in [6.45, 7) is 2.50. The van der Waals surface area contributed by atoms with Crippen molar-refractivity contribution < 1.29 is 8.78 Å². The van der Waals surface area contributed by atoms with Gasteiger partial charge in [0.25, 0.3) is 0 Å². The first-order valence-electron chi connectivity index (χ1n) is 4.88. The second kappa shape index (κ2) is 3.65. The van der Waals surface area contributed by atoms with Gasteiger partial charge in [0.15, 0.2) is 0 Å². The lowest BCUT2D eigenvalue weighted by Crippen LogP contribution is -2.16. The minimum Gasteiger partial charge on any atom is -0.310 e. The predicted octanol–water partition coefficient (Wildman–Crippen LogP) is 2.70. The third kappa shape index (κ3) is 1.52. The fourth-order valence-corrected chi connectivity index (χ4v) is 1.93. The average molecular weight is 197 g/mol. The van der Waals surface area contributed by atoms with Gasteiger partial charge in [0.2, 0.25) is 0 Å². The van der Waals surface area contributed by atoms with Gasteiger partial charge in [-0.05, 0) is 37.9 Å². The Bertz CT molecular complexity index is 343. The first-order valence-corrected chi connectivity index (χ1v) is 4.88. The van der Waals surface area contributed by atoms with E-state index in [9.17, 15) is 8.78 Å². The molecule has 0 aromatic heterocycles. The Kier molecular flexibility index (Phi) is 2.50. The number of aryl methyl sites for hydroxylation is 1. The van der Waals surface area contributed by atoms with Gasteiger partial charge in [-0.2, -0.15) is 0 Å². The van der Waals surface area contributed by atoms with Crippen LogP contribution in [-0.2, 0) is 0 Å². The van der Waals surface area contributed by atoms with Gasteiger partial charge in [-0.3, -0.25) is 0 Å². The second-order valence-electron chi connectivity index (χ2n) is 3.74. The molecule has 2 rings (SSSR count). The molecule has 1 N–H and O–H groups in total. The Labute approximate surface area is 82.1 Å². The van der Waals surface area contributed by atoms with Gasteiger partial charge in [-0.15, -0.1) is 0 Å². The van der Waals surface area contributed by atoms with Crippen LogP contribution in [0.3, 0.4) is 0 Å². The zero-order valence-corrected chi connectivity index (χ0v) is 8.11. The Morgan fingerprint density at radius 1 is 1.36 bits per heavy atom. The smallest absolute Gasteiger partial charge is 0.133 e. The molecule has 1 atom stereocenters. The Morgan fingerprint density at radius 2 is 2.14 bits per heavy atom. The van der Waals surface area contributed by atoms with Crippen molar-refractivity contribution in [2.75, 3.05) is 6.54 Å². The van der Waals surface area contributed by atoms with E-state index < -0.39 is 11.6 Å². The molecule has 1 nitrogen and oxygen atoms in total. The summed E-state index contributed by atoms with van der Waals surface area (Å²) in [6, 6.07) is 2.67. The van der Waals surface area contributed by atoms with Gasteiger partial charge in [0.1, 0.15) is 11.6 Å². The monoisotopic (exact) mass is 197 g/mol. The van der Waals surface area contributed by atoms with Gasteiger partial charge in [-0.25, -0.2) is 8.78 Å². The summed E-state index contributed by atoms with van der Waals surface area (Å²) in [5.74, 6) is -0.836. The highest BCUT2D eigenvalue weighted by atomic mass is 19.1. The average Bonchev–Trinajstić information content (AvgIpc) is 2.65. The predicted molar refractivity (Wildman–Crippen MR) is 51.1 cm³/mol. The summed E-state index contributed by atoms with van der Waals surface area (Å²) < 4.78 is 27.0. The van der Waals surface area contributed by atoms with Crippen LogP contribution in [0, 0.1) is 18.6 Å². The minimum absolute atomic E-state index is 0.144. The standard InChI is InChI=1S/C11H13F2N/c1-7-4-5-8(12)10(11(7)13)9-3-2-6-14-9/h4-5,9,14H,2-3,6H2,1H3. The van der Waals surface area contributed by atoms with E-state index in [1.54, 1.807) is 6.92 Å². The molecule has 0 bridgehead atoms. The van der Waals surface area contributed by atoms with Crippen LogP contribution in [0.5, 0.6) is 0 Å². The Morgan fingerprint density at radius 3 is 2.79 bits per heavy atom. The molecule has 0 spiro atoms. The molecular formula is C11H13F2N. The number of hydrogen-bond acceptors (Lipinski definition) is 1. The lowest BCUT2D eigenvalue weighted by molar-refractivity contribution is 0.503. The molecule has 1 aromatic rings. The molecule has 0 amide bonds. The quantitative estimate of drug-likeness (QED) is 0.729. The largest absolute Gasteiger partial charge is 0.310 e. The molecular weight excluding hydrogens is 184 g/mol. The van der Waals surface area contributed by atoms with Crippen molar-refractivity contribution in [3.05, 3.63) is 34.9 Å². The molecule has 0 saturated carbocycles. The molecule has 1 heterocycles. The fourth-order valence-electron chi connectivity index (χ4n) is 1.93. The van der Waals surface area contributed by atoms with Gasteiger partial charge < -0.3 is 5.32 Å². The SMILES string of the molecule is Cc1ccc(F)c(C2CCCN2)c1F. The van der Waals surface area contributed by atoms with E-state index in [2.05, 4.69) is 5.32 Å². The summed E-state index contributed by atoms with van der Waals surface area (Å²) in [7, 11) is 0. The fraction of sp³-hybridized carbons (Fsp3) is 0.455. The maximum absolute atomic E-state index is 13.6. The van der Waals surface area contributed by atoms with Crippen LogP contribution < -0.4 is 5.32 Å². The lowest BCUT2D eigenvalue weighted by Gasteiger charge is -2.13. The molecule has 1 aliphatic heterocycles. The van der Waals surface area contributed by atoms with Crippen LogP contribution in [0.2, 0.25) is 0 Å². The lowest BCUT2D eigenvalue weighted by atomic mass is 10.0. The summed E-state index contributed by atoms with van der Waals surface area (Å²) in [5, 5.41) is 3.10. The number of rotatable bonds is 1. The van der Waals surface area contributed by atoms with Crippen molar-refractivity contribution in [2.24, 2.45) is 0 Å². The van der Waals surface area contributed by atoms with Crippen molar-refractivity contribution in [1.82, 2.24) is 5.32 Å². The van der Waals surface area contributed by atoms with Gasteiger partial charge >= 0.3 is 0 Å². The molecule has 1 aromatic carbocycles. The van der Waals surface area contributed by atoms with E-state index in [1.165, 1.54) is 12.1 Å². The Balaban J connectivity index is 2.44. The number of benzene rings is 1. The zero-order valence-electron chi connectivity index (χ0n) is 8.11. The number of nitrogens with one attached hydrogen (secondary N) is 1. The van der Waals surface area contributed by atoms with Crippen LogP contribution >= 0.6 is 0 Å². The molecule has 1 saturated heterocycles. The molecule has 1 fully saturated rings. The Hall–Kier alpha value is -0.960. The summed E-state index contributed by atoms with van der Waals surface area (Å²) in [6.07, 6.45) is 1.80. The van der Waals surface area contributed by atoms with Gasteiger partial charge in [0, 0.05) is 11.6 Å². The van der Waals surface area contributed by atoms with Crippen LogP contribution in [0.25, 0.3) is 0 Å². The van der Waals surface area contributed by atoms with Gasteiger partial charge in [-0.1, -0.05) is 6.07 Å². The van der Waals surface area contributed by atoms with Crippen molar-refractivity contribution in [1.29, 1.82) is 0 Å². The van der Waals surface area contributed by atoms with Crippen LogP contribution in [0.4, 0.5) is 8.78 Å². The van der Waals surface area contributed by atoms with Crippen LogP contribution in [0.1, 0.15) is 30.0 Å². The van der Waals surface area contributed by atoms with Crippen molar-refractivity contribution in [3.8, 4) is 0 Å². The maximum Gasteiger partial charge on any atom is 0.133 e. The molecule has 14 heavy (non-hydrogen) atoms. The molecule has 1 unspecified atom stereocenters. The molecule has 0 radical (unpaired) electrons. The summed E-state index contributed by atoms with van der Waals surface area (Å²) in [4.78, 5) is 0. The first kappa shape index (κ1) is 9.59. The maximum atomic E-state index is 13.6. The molecule has 0 aliphatic carbocycles. The highest BCUT2D eigenvalue weighted by Crippen LogP contribution is 2.28.